The molecule has 0 saturated carbocycles. The van der Waals surface area contributed by atoms with Crippen molar-refractivity contribution in [1.29, 1.82) is 0 Å². The van der Waals surface area contributed by atoms with Gasteiger partial charge in [0.15, 0.2) is 12.4 Å². The van der Waals surface area contributed by atoms with Gasteiger partial charge in [0.05, 0.1) is 12.2 Å². The van der Waals surface area contributed by atoms with E-state index in [9.17, 15) is 9.59 Å². The van der Waals surface area contributed by atoms with Crippen molar-refractivity contribution in [3.63, 3.8) is 0 Å². The predicted molar refractivity (Wildman–Crippen MR) is 106 cm³/mol. The Balaban J connectivity index is 1.43. The van der Waals surface area contributed by atoms with Crippen LogP contribution in [0, 0.1) is 0 Å². The molecular formula is C24H20O4. The van der Waals surface area contributed by atoms with Crippen LogP contribution in [0.5, 0.6) is 0 Å². The molecular weight excluding hydrogens is 352 g/mol. The van der Waals surface area contributed by atoms with E-state index in [4.69, 9.17) is 9.47 Å². The molecule has 0 fully saturated rings. The number of Topliss-reactive ketones (excluding diaryl/α,β-unsaturated/α-hetero) is 1. The van der Waals surface area contributed by atoms with Gasteiger partial charge in [-0.2, -0.15) is 0 Å². The van der Waals surface area contributed by atoms with Crippen LogP contribution < -0.4 is 0 Å². The highest BCUT2D eigenvalue weighted by Crippen LogP contribution is 2.36. The fourth-order valence-corrected chi connectivity index (χ4v) is 3.50. The largest absolute Gasteiger partial charge is 0.454 e. The van der Waals surface area contributed by atoms with E-state index in [2.05, 4.69) is 12.1 Å². The highest BCUT2D eigenvalue weighted by molar-refractivity contribution is 6.00. The van der Waals surface area contributed by atoms with Crippen molar-refractivity contribution >= 4 is 11.8 Å². The van der Waals surface area contributed by atoms with Crippen molar-refractivity contribution in [1.82, 2.24) is 0 Å². The zero-order chi connectivity index (χ0) is 19.5. The zero-order valence-corrected chi connectivity index (χ0v) is 15.6. The lowest BCUT2D eigenvalue weighted by molar-refractivity contribution is 0.0474. The van der Waals surface area contributed by atoms with Gasteiger partial charge in [0.2, 0.25) is 0 Å². The van der Waals surface area contributed by atoms with Gasteiger partial charge in [-0.05, 0) is 52.4 Å². The first-order valence-electron chi connectivity index (χ1n) is 9.15. The Kier molecular flexibility index (Phi) is 5.04. The number of hydrogen-bond donors (Lipinski definition) is 0. The van der Waals surface area contributed by atoms with E-state index < -0.39 is 5.97 Å². The molecule has 0 N–H and O–H groups in total. The molecule has 140 valence electrons. The Morgan fingerprint density at radius 2 is 1.57 bits per heavy atom. The van der Waals surface area contributed by atoms with Crippen molar-refractivity contribution < 1.29 is 19.1 Å². The monoisotopic (exact) mass is 372 g/mol. The summed E-state index contributed by atoms with van der Waals surface area (Å²) in [5, 5.41) is 0. The summed E-state index contributed by atoms with van der Waals surface area (Å²) in [6.45, 7) is 0.203. The van der Waals surface area contributed by atoms with E-state index in [0.717, 1.165) is 17.5 Å². The lowest BCUT2D eigenvalue weighted by Crippen LogP contribution is -2.14. The van der Waals surface area contributed by atoms with E-state index in [-0.39, 0.29) is 12.4 Å². The van der Waals surface area contributed by atoms with Gasteiger partial charge in [0.1, 0.15) is 0 Å². The fourth-order valence-electron chi connectivity index (χ4n) is 3.50. The van der Waals surface area contributed by atoms with E-state index in [1.807, 2.05) is 24.3 Å². The maximum atomic E-state index is 12.5. The van der Waals surface area contributed by atoms with Crippen LogP contribution in [0.1, 0.15) is 37.4 Å². The molecule has 0 bridgehead atoms. The van der Waals surface area contributed by atoms with Gasteiger partial charge in [0, 0.05) is 12.7 Å². The second-order valence-corrected chi connectivity index (χ2v) is 6.84. The van der Waals surface area contributed by atoms with Gasteiger partial charge in [-0.3, -0.25) is 4.79 Å². The molecule has 0 unspecified atom stereocenters. The molecule has 3 aromatic rings. The number of fused-ring (bicyclic) bond motifs is 3. The number of ether oxygens (including phenoxy) is 2. The Bertz CT molecular complexity index is 1030. The van der Waals surface area contributed by atoms with Gasteiger partial charge in [0.25, 0.3) is 0 Å². The number of ketones is 1. The highest BCUT2D eigenvalue weighted by atomic mass is 16.5. The zero-order valence-electron chi connectivity index (χ0n) is 15.6. The van der Waals surface area contributed by atoms with Crippen molar-refractivity contribution in [2.45, 2.75) is 13.0 Å². The first kappa shape index (κ1) is 18.1. The van der Waals surface area contributed by atoms with E-state index in [1.54, 1.807) is 37.4 Å². The molecule has 0 spiro atoms. The molecule has 0 aromatic heterocycles. The summed E-state index contributed by atoms with van der Waals surface area (Å²) >= 11 is 0. The van der Waals surface area contributed by atoms with Crippen molar-refractivity contribution in [2.24, 2.45) is 0 Å². The van der Waals surface area contributed by atoms with Crippen LogP contribution in [-0.4, -0.2) is 25.5 Å². The summed E-state index contributed by atoms with van der Waals surface area (Å²) in [7, 11) is 1.62. The van der Waals surface area contributed by atoms with E-state index in [0.29, 0.717) is 17.7 Å². The van der Waals surface area contributed by atoms with Crippen LogP contribution in [0.4, 0.5) is 0 Å². The molecule has 1 aliphatic rings. The van der Waals surface area contributed by atoms with Gasteiger partial charge in [-0.25, -0.2) is 4.79 Å². The average Bonchev–Trinajstić information content (AvgIpc) is 3.10. The van der Waals surface area contributed by atoms with Crippen LogP contribution in [0.2, 0.25) is 0 Å². The third-order valence-electron chi connectivity index (χ3n) is 4.96. The van der Waals surface area contributed by atoms with Gasteiger partial charge >= 0.3 is 5.97 Å². The van der Waals surface area contributed by atoms with Crippen molar-refractivity contribution in [3.05, 3.63) is 94.5 Å². The van der Waals surface area contributed by atoms with Crippen LogP contribution in [0.3, 0.4) is 0 Å². The molecule has 0 aliphatic heterocycles. The molecule has 4 nitrogen and oxygen atoms in total. The van der Waals surface area contributed by atoms with Crippen LogP contribution >= 0.6 is 0 Å². The standard InChI is InChI=1S/C24H20O4/c1-27-14-16-6-8-17(9-7-16)24(26)28-15-23(25)20-11-10-19-12-18-4-2-3-5-21(18)22(19)13-20/h2-11,13H,12,14-15H2,1H3. The number of carbonyl (C=O) groups excluding carboxylic acids is 2. The quantitative estimate of drug-likeness (QED) is 0.371. The normalized spacial score (nSPS) is 11.6. The highest BCUT2D eigenvalue weighted by Gasteiger charge is 2.20. The van der Waals surface area contributed by atoms with Gasteiger partial charge < -0.3 is 9.47 Å². The van der Waals surface area contributed by atoms with E-state index in [1.165, 1.54) is 16.7 Å². The smallest absolute Gasteiger partial charge is 0.338 e. The average molecular weight is 372 g/mol. The summed E-state index contributed by atoms with van der Waals surface area (Å²) in [6, 6.07) is 20.9. The Morgan fingerprint density at radius 3 is 2.36 bits per heavy atom. The number of carbonyl (C=O) groups is 2. The van der Waals surface area contributed by atoms with Crippen LogP contribution in [0.15, 0.2) is 66.7 Å². The molecule has 3 aromatic carbocycles. The minimum Gasteiger partial charge on any atom is -0.454 e. The van der Waals surface area contributed by atoms with Gasteiger partial charge in [-0.1, -0.05) is 48.5 Å². The molecule has 0 atom stereocenters. The molecule has 4 rings (SSSR count). The summed E-state index contributed by atoms with van der Waals surface area (Å²) in [4.78, 5) is 24.7. The molecule has 4 heteroatoms. The maximum Gasteiger partial charge on any atom is 0.338 e. The third kappa shape index (κ3) is 3.59. The number of esters is 1. The summed E-state index contributed by atoms with van der Waals surface area (Å²) in [5.74, 6) is -0.722. The minimum absolute atomic E-state index is 0.212. The van der Waals surface area contributed by atoms with Crippen molar-refractivity contribution in [3.8, 4) is 11.1 Å². The Morgan fingerprint density at radius 1 is 0.857 bits per heavy atom. The molecule has 0 amide bonds. The number of hydrogen-bond acceptors (Lipinski definition) is 4. The second kappa shape index (κ2) is 7.79. The third-order valence-corrected chi connectivity index (χ3v) is 4.96. The van der Waals surface area contributed by atoms with E-state index >= 15 is 0 Å². The van der Waals surface area contributed by atoms with Crippen molar-refractivity contribution in [2.75, 3.05) is 13.7 Å². The molecule has 28 heavy (non-hydrogen) atoms. The number of benzene rings is 3. The lowest BCUT2D eigenvalue weighted by Gasteiger charge is -2.07. The summed E-state index contributed by atoms with van der Waals surface area (Å²) < 4.78 is 10.3. The predicted octanol–water partition coefficient (Wildman–Crippen LogP) is 4.44. The molecule has 0 saturated heterocycles. The fraction of sp³-hybridized carbons (Fsp3) is 0.167. The second-order valence-electron chi connectivity index (χ2n) is 6.84. The summed E-state index contributed by atoms with van der Waals surface area (Å²) in [6.07, 6.45) is 0.883. The van der Waals surface area contributed by atoms with Crippen LogP contribution in [0.25, 0.3) is 11.1 Å². The first-order valence-corrected chi connectivity index (χ1v) is 9.15. The molecule has 0 heterocycles. The molecule has 1 aliphatic carbocycles. The maximum absolute atomic E-state index is 12.5. The Hall–Kier alpha value is -3.24. The van der Waals surface area contributed by atoms with Crippen LogP contribution in [-0.2, 0) is 22.5 Å². The SMILES string of the molecule is COCc1ccc(C(=O)OCC(=O)c2ccc3c(c2)-c2ccccc2C3)cc1. The lowest BCUT2D eigenvalue weighted by atomic mass is 10.0. The first-order chi connectivity index (χ1) is 13.7. The summed E-state index contributed by atoms with van der Waals surface area (Å²) in [5.41, 5.74) is 6.67. The number of methoxy groups -OCH3 is 1. The number of rotatable bonds is 6. The Labute approximate surface area is 163 Å². The minimum atomic E-state index is -0.510. The topological polar surface area (TPSA) is 52.6 Å². The van der Waals surface area contributed by atoms with Gasteiger partial charge in [-0.15, -0.1) is 0 Å². The molecule has 0 radical (unpaired) electrons.